The molecule has 0 aliphatic heterocycles. The molecule has 7 nitrogen and oxygen atoms in total. The van der Waals surface area contributed by atoms with Gasteiger partial charge in [-0.15, -0.1) is 0 Å². The second-order valence-electron chi connectivity index (χ2n) is 4.45. The number of aryl methyl sites for hydroxylation is 2. The molecule has 0 saturated carbocycles. The van der Waals surface area contributed by atoms with Crippen molar-refractivity contribution in [3.05, 3.63) is 29.9 Å². The zero-order valence-corrected chi connectivity index (χ0v) is 11.3. The van der Waals surface area contributed by atoms with E-state index in [-0.39, 0.29) is 11.9 Å². The number of nitrogens with one attached hydrogen (secondary N) is 2. The highest BCUT2D eigenvalue weighted by atomic mass is 16.2. The largest absolute Gasteiger partial charge is 0.340 e. The number of aromatic nitrogens is 5. The van der Waals surface area contributed by atoms with Gasteiger partial charge in [-0.25, -0.2) is 14.6 Å². The van der Waals surface area contributed by atoms with Gasteiger partial charge >= 0.3 is 0 Å². The van der Waals surface area contributed by atoms with Crippen LogP contribution in [0, 0.1) is 6.92 Å². The summed E-state index contributed by atoms with van der Waals surface area (Å²) >= 11 is 0. The first kappa shape index (κ1) is 13.3. The lowest BCUT2D eigenvalue weighted by molar-refractivity contribution is 0.0927. The third-order valence-electron chi connectivity index (χ3n) is 2.73. The monoisotopic (exact) mass is 262 g/mol. The summed E-state index contributed by atoms with van der Waals surface area (Å²) in [5, 5.41) is 7.00. The van der Waals surface area contributed by atoms with Gasteiger partial charge in [-0.3, -0.25) is 4.79 Å². The molecule has 19 heavy (non-hydrogen) atoms. The third kappa shape index (κ3) is 2.98. The number of aromatic amines is 1. The van der Waals surface area contributed by atoms with Crippen molar-refractivity contribution < 1.29 is 4.79 Å². The summed E-state index contributed by atoms with van der Waals surface area (Å²) in [5.74, 6) is 0.816. The summed E-state index contributed by atoms with van der Waals surface area (Å²) in [4.78, 5) is 23.1. The Hall–Kier alpha value is -2.18. The number of carbonyl (C=O) groups excluding carboxylic acids is 1. The molecule has 0 unspecified atom stereocenters. The van der Waals surface area contributed by atoms with E-state index in [1.807, 2.05) is 13.8 Å². The Balaban J connectivity index is 2.06. The molecule has 0 bridgehead atoms. The maximum absolute atomic E-state index is 12.0. The van der Waals surface area contributed by atoms with E-state index >= 15 is 0 Å². The molecule has 1 atom stereocenters. The predicted octanol–water partition coefficient (Wildman–Crippen LogP) is 1.21. The molecule has 2 aromatic rings. The van der Waals surface area contributed by atoms with Gasteiger partial charge in [0.1, 0.15) is 12.2 Å². The standard InChI is InChI=1S/C12H18N6O/c1-4-5-18-11(14-7-15-18)9(3)17-12(19)10-13-6-8(2)16-10/h6-7,9H,4-5H2,1-3H3,(H,13,16)(H,17,19)/t9-/m0/s1. The van der Waals surface area contributed by atoms with Crippen LogP contribution in [0.25, 0.3) is 0 Å². The van der Waals surface area contributed by atoms with Crippen molar-refractivity contribution >= 4 is 5.91 Å². The topological polar surface area (TPSA) is 88.5 Å². The highest BCUT2D eigenvalue weighted by Crippen LogP contribution is 2.09. The number of hydrogen-bond acceptors (Lipinski definition) is 4. The molecule has 0 aliphatic carbocycles. The molecule has 2 rings (SSSR count). The summed E-state index contributed by atoms with van der Waals surface area (Å²) in [6.07, 6.45) is 4.10. The third-order valence-corrected chi connectivity index (χ3v) is 2.73. The molecule has 0 aliphatic rings. The van der Waals surface area contributed by atoms with E-state index in [1.54, 1.807) is 10.9 Å². The average Bonchev–Trinajstić information content (AvgIpc) is 2.98. The highest BCUT2D eigenvalue weighted by Gasteiger charge is 2.17. The van der Waals surface area contributed by atoms with Crippen molar-refractivity contribution in [1.29, 1.82) is 0 Å². The minimum absolute atomic E-state index is 0.216. The Morgan fingerprint density at radius 1 is 1.53 bits per heavy atom. The molecular weight excluding hydrogens is 244 g/mol. The molecule has 0 saturated heterocycles. The zero-order valence-electron chi connectivity index (χ0n) is 11.3. The molecule has 2 N–H and O–H groups in total. The molecule has 0 fully saturated rings. The van der Waals surface area contributed by atoms with Gasteiger partial charge in [0.15, 0.2) is 5.82 Å². The van der Waals surface area contributed by atoms with Crippen molar-refractivity contribution in [2.75, 3.05) is 0 Å². The fourth-order valence-corrected chi connectivity index (χ4v) is 1.85. The molecule has 0 spiro atoms. The summed E-state index contributed by atoms with van der Waals surface area (Å²) in [7, 11) is 0. The van der Waals surface area contributed by atoms with E-state index in [2.05, 4.69) is 32.3 Å². The van der Waals surface area contributed by atoms with Gasteiger partial charge in [0.05, 0.1) is 6.04 Å². The molecule has 102 valence electrons. The van der Waals surface area contributed by atoms with Crippen molar-refractivity contribution in [3.63, 3.8) is 0 Å². The van der Waals surface area contributed by atoms with Crippen LogP contribution in [0.4, 0.5) is 0 Å². The number of nitrogens with zero attached hydrogens (tertiary/aromatic N) is 4. The van der Waals surface area contributed by atoms with Crippen LogP contribution < -0.4 is 5.32 Å². The van der Waals surface area contributed by atoms with Crippen LogP contribution in [0.15, 0.2) is 12.5 Å². The lowest BCUT2D eigenvalue weighted by Crippen LogP contribution is -2.29. The van der Waals surface area contributed by atoms with E-state index in [1.165, 1.54) is 6.33 Å². The van der Waals surface area contributed by atoms with E-state index in [0.717, 1.165) is 24.5 Å². The maximum atomic E-state index is 12.0. The fraction of sp³-hybridized carbons (Fsp3) is 0.500. The Morgan fingerprint density at radius 2 is 2.32 bits per heavy atom. The minimum Gasteiger partial charge on any atom is -0.340 e. The number of carbonyl (C=O) groups is 1. The molecule has 0 radical (unpaired) electrons. The molecular formula is C12H18N6O. The lowest BCUT2D eigenvalue weighted by Gasteiger charge is -2.13. The molecule has 7 heteroatoms. The second-order valence-corrected chi connectivity index (χ2v) is 4.45. The number of hydrogen-bond donors (Lipinski definition) is 2. The predicted molar refractivity (Wildman–Crippen MR) is 69.5 cm³/mol. The van der Waals surface area contributed by atoms with Gasteiger partial charge in [0.25, 0.3) is 5.91 Å². The van der Waals surface area contributed by atoms with Gasteiger partial charge in [-0.05, 0) is 20.3 Å². The average molecular weight is 262 g/mol. The van der Waals surface area contributed by atoms with Crippen molar-refractivity contribution in [1.82, 2.24) is 30.0 Å². The molecule has 2 aromatic heterocycles. The summed E-state index contributed by atoms with van der Waals surface area (Å²) in [6, 6.07) is -0.216. The first-order valence-electron chi connectivity index (χ1n) is 6.32. The van der Waals surface area contributed by atoms with Crippen LogP contribution in [-0.2, 0) is 6.54 Å². The molecule has 2 heterocycles. The number of rotatable bonds is 5. The normalized spacial score (nSPS) is 12.4. The van der Waals surface area contributed by atoms with Gasteiger partial charge < -0.3 is 10.3 Å². The van der Waals surface area contributed by atoms with Crippen LogP contribution in [0.5, 0.6) is 0 Å². The van der Waals surface area contributed by atoms with E-state index in [0.29, 0.717) is 5.82 Å². The van der Waals surface area contributed by atoms with Gasteiger partial charge in [-0.2, -0.15) is 5.10 Å². The maximum Gasteiger partial charge on any atom is 0.287 e. The summed E-state index contributed by atoms with van der Waals surface area (Å²) in [6.45, 7) is 6.59. The minimum atomic E-state index is -0.244. The number of imidazole rings is 1. The number of H-pyrrole nitrogens is 1. The van der Waals surface area contributed by atoms with Crippen LogP contribution in [0.2, 0.25) is 0 Å². The summed E-state index contributed by atoms with van der Waals surface area (Å²) < 4.78 is 1.80. The Kier molecular flexibility index (Phi) is 3.94. The lowest BCUT2D eigenvalue weighted by atomic mass is 10.3. The van der Waals surface area contributed by atoms with Gasteiger partial charge in [-0.1, -0.05) is 6.92 Å². The van der Waals surface area contributed by atoms with Crippen LogP contribution in [0.1, 0.15) is 48.4 Å². The van der Waals surface area contributed by atoms with E-state index < -0.39 is 0 Å². The van der Waals surface area contributed by atoms with Crippen LogP contribution >= 0.6 is 0 Å². The molecule has 1 amide bonds. The van der Waals surface area contributed by atoms with Gasteiger partial charge in [0.2, 0.25) is 0 Å². The second kappa shape index (κ2) is 5.64. The Bertz CT molecular complexity index is 558. The summed E-state index contributed by atoms with van der Waals surface area (Å²) in [5.41, 5.74) is 0.854. The zero-order chi connectivity index (χ0) is 13.8. The highest BCUT2D eigenvalue weighted by molar-refractivity contribution is 5.90. The first-order chi connectivity index (χ1) is 9.11. The van der Waals surface area contributed by atoms with Crippen molar-refractivity contribution in [3.8, 4) is 0 Å². The van der Waals surface area contributed by atoms with Crippen molar-refractivity contribution in [2.45, 2.75) is 39.8 Å². The van der Waals surface area contributed by atoms with Crippen LogP contribution in [-0.4, -0.2) is 30.6 Å². The number of amides is 1. The van der Waals surface area contributed by atoms with E-state index in [9.17, 15) is 4.79 Å². The Morgan fingerprint density at radius 3 is 2.95 bits per heavy atom. The Labute approximate surface area is 111 Å². The van der Waals surface area contributed by atoms with Gasteiger partial charge in [0, 0.05) is 18.4 Å². The van der Waals surface area contributed by atoms with Crippen LogP contribution in [0.3, 0.4) is 0 Å². The SMILES string of the molecule is CCCn1ncnc1[C@H](C)NC(=O)c1ncc(C)[nH]1. The van der Waals surface area contributed by atoms with Crippen molar-refractivity contribution in [2.24, 2.45) is 0 Å². The quantitative estimate of drug-likeness (QED) is 0.847. The van der Waals surface area contributed by atoms with E-state index in [4.69, 9.17) is 0 Å². The smallest absolute Gasteiger partial charge is 0.287 e. The first-order valence-corrected chi connectivity index (χ1v) is 6.32. The molecule has 0 aromatic carbocycles. The fourth-order valence-electron chi connectivity index (χ4n) is 1.85.